The molecule has 9 heteroatoms. The summed E-state index contributed by atoms with van der Waals surface area (Å²) >= 11 is 0. The maximum atomic E-state index is 12.0. The monoisotopic (exact) mass is 337 g/mol. The van der Waals surface area contributed by atoms with Crippen molar-refractivity contribution in [1.29, 1.82) is 0 Å². The summed E-state index contributed by atoms with van der Waals surface area (Å²) in [7, 11) is 0. The number of hydrogen-bond donors (Lipinski definition) is 3. The molecule has 0 spiro atoms. The third-order valence-corrected chi connectivity index (χ3v) is 4.30. The van der Waals surface area contributed by atoms with Gasteiger partial charge in [-0.25, -0.2) is 0 Å². The average molecular weight is 337 g/mol. The average Bonchev–Trinajstić information content (AvgIpc) is 3.04. The topological polar surface area (TPSA) is 81.7 Å². The van der Waals surface area contributed by atoms with Crippen molar-refractivity contribution in [2.45, 2.75) is 56.5 Å². The Morgan fingerprint density at radius 1 is 1.17 bits per heavy atom. The highest BCUT2D eigenvalue weighted by Crippen LogP contribution is 2.27. The number of β-amino-alcohol motifs (C(OH)–C–C–N with tert-alkyl or cyclic N) is 1. The molecule has 1 saturated heterocycles. The minimum Gasteiger partial charge on any atom is -0.392 e. The van der Waals surface area contributed by atoms with Gasteiger partial charge in [0.15, 0.2) is 0 Å². The van der Waals surface area contributed by atoms with Crippen molar-refractivity contribution in [3.8, 4) is 0 Å². The van der Waals surface area contributed by atoms with E-state index in [0.717, 1.165) is 25.8 Å². The number of alkyl halides is 3. The lowest BCUT2D eigenvalue weighted by Crippen LogP contribution is -2.49. The van der Waals surface area contributed by atoms with Gasteiger partial charge < -0.3 is 15.7 Å². The molecule has 3 atom stereocenters. The number of aliphatic hydroxyl groups is 1. The first-order valence-corrected chi connectivity index (χ1v) is 7.79. The smallest absolute Gasteiger partial charge is 0.392 e. The van der Waals surface area contributed by atoms with Gasteiger partial charge >= 0.3 is 6.18 Å². The van der Waals surface area contributed by atoms with Crippen LogP contribution in [0.2, 0.25) is 0 Å². The fourth-order valence-corrected chi connectivity index (χ4v) is 3.28. The quantitative estimate of drug-likeness (QED) is 0.624. The molecule has 23 heavy (non-hydrogen) atoms. The summed E-state index contributed by atoms with van der Waals surface area (Å²) in [5, 5.41) is 14.0. The fraction of sp³-hybridized carbons (Fsp3) is 0.857. The zero-order chi connectivity index (χ0) is 17.0. The molecule has 2 fully saturated rings. The summed E-state index contributed by atoms with van der Waals surface area (Å²) in [6.07, 6.45) is -2.13. The maximum Gasteiger partial charge on any atom is 0.405 e. The lowest BCUT2D eigenvalue weighted by atomic mass is 10.1. The van der Waals surface area contributed by atoms with Crippen LogP contribution in [0.4, 0.5) is 13.2 Å². The Labute approximate surface area is 132 Å². The number of hydrogen-bond acceptors (Lipinski definition) is 4. The first-order chi connectivity index (χ1) is 10.7. The van der Waals surface area contributed by atoms with Gasteiger partial charge in [0.05, 0.1) is 6.10 Å². The van der Waals surface area contributed by atoms with Gasteiger partial charge in [-0.15, -0.1) is 0 Å². The van der Waals surface area contributed by atoms with Gasteiger partial charge in [0, 0.05) is 25.2 Å². The molecule has 3 N–H and O–H groups in total. The van der Waals surface area contributed by atoms with Crippen molar-refractivity contribution in [1.82, 2.24) is 15.5 Å². The van der Waals surface area contributed by atoms with E-state index in [9.17, 15) is 27.9 Å². The molecule has 0 aromatic rings. The summed E-state index contributed by atoms with van der Waals surface area (Å²) in [5.41, 5.74) is 0. The molecule has 2 aliphatic rings. The lowest BCUT2D eigenvalue weighted by molar-refractivity contribution is -0.141. The predicted octanol–water partition coefficient (Wildman–Crippen LogP) is 0.159. The minimum absolute atomic E-state index is 0.120. The van der Waals surface area contributed by atoms with E-state index >= 15 is 0 Å². The van der Waals surface area contributed by atoms with Crippen LogP contribution < -0.4 is 10.6 Å². The van der Waals surface area contributed by atoms with Crippen molar-refractivity contribution in [3.05, 3.63) is 0 Å². The summed E-state index contributed by atoms with van der Waals surface area (Å²) in [5.74, 6) is -1.51. The van der Waals surface area contributed by atoms with Crippen molar-refractivity contribution >= 4 is 11.8 Å². The largest absolute Gasteiger partial charge is 0.405 e. The summed E-state index contributed by atoms with van der Waals surface area (Å²) < 4.78 is 36.0. The third kappa shape index (κ3) is 5.65. The van der Waals surface area contributed by atoms with Crippen LogP contribution in [0.3, 0.4) is 0 Å². The molecule has 1 unspecified atom stereocenters. The molecule has 6 nitrogen and oxygen atoms in total. The molecule has 0 aromatic heterocycles. The second kappa shape index (κ2) is 7.48. The Morgan fingerprint density at radius 2 is 1.91 bits per heavy atom. The molecule has 132 valence electrons. The first kappa shape index (κ1) is 18.0. The molecule has 0 aromatic carbocycles. The number of nitrogens with zero attached hydrogens (tertiary/aromatic N) is 1. The highest BCUT2D eigenvalue weighted by molar-refractivity contribution is 5.97. The van der Waals surface area contributed by atoms with E-state index in [2.05, 4.69) is 10.2 Å². The normalized spacial score (nSPS) is 28.8. The van der Waals surface area contributed by atoms with Crippen molar-refractivity contribution in [3.63, 3.8) is 0 Å². The molecular formula is C14H22F3N3O3. The molecule has 0 radical (unpaired) electrons. The molecule has 1 heterocycles. The Bertz CT molecular complexity index is 445. The lowest BCUT2D eigenvalue weighted by Gasteiger charge is -2.29. The zero-order valence-electron chi connectivity index (χ0n) is 12.7. The van der Waals surface area contributed by atoms with Gasteiger partial charge in [-0.3, -0.25) is 14.5 Å². The second-order valence-electron chi connectivity index (χ2n) is 6.18. The van der Waals surface area contributed by atoms with E-state index < -0.39 is 31.0 Å². The van der Waals surface area contributed by atoms with E-state index in [4.69, 9.17) is 0 Å². The number of carbonyl (C=O) groups excluding carboxylic acids is 2. The summed E-state index contributed by atoms with van der Waals surface area (Å²) in [6.45, 7) is -0.0930. The number of halogens is 3. The van der Waals surface area contributed by atoms with Gasteiger partial charge in [0.25, 0.3) is 0 Å². The SMILES string of the molecule is O=C(CC(=O)N[C@@H]1CCC[C@@H]1N1CCC(O)C1)NCC(F)(F)F. The number of carbonyl (C=O) groups is 2. The van der Waals surface area contributed by atoms with Crippen LogP contribution in [0.25, 0.3) is 0 Å². The van der Waals surface area contributed by atoms with Crippen LogP contribution in [0, 0.1) is 0 Å². The fourth-order valence-electron chi connectivity index (χ4n) is 3.28. The molecule has 1 saturated carbocycles. The number of rotatable bonds is 5. The highest BCUT2D eigenvalue weighted by Gasteiger charge is 2.36. The Hall–Kier alpha value is -1.35. The van der Waals surface area contributed by atoms with Crippen LogP contribution in [0.1, 0.15) is 32.1 Å². The molecule has 1 aliphatic heterocycles. The van der Waals surface area contributed by atoms with E-state index in [0.29, 0.717) is 13.0 Å². The van der Waals surface area contributed by atoms with E-state index in [1.54, 1.807) is 5.32 Å². The highest BCUT2D eigenvalue weighted by atomic mass is 19.4. The van der Waals surface area contributed by atoms with Gasteiger partial charge in [0.2, 0.25) is 11.8 Å². The molecule has 2 amide bonds. The van der Waals surface area contributed by atoms with Crippen LogP contribution in [-0.2, 0) is 9.59 Å². The molecule has 2 rings (SSSR count). The standard InChI is InChI=1S/C14H22F3N3O3/c15-14(16,17)8-18-12(22)6-13(23)19-10-2-1-3-11(10)20-5-4-9(21)7-20/h9-11,21H,1-8H2,(H,18,22)(H,19,23)/t9?,10-,11+/m1/s1. The van der Waals surface area contributed by atoms with E-state index in [-0.39, 0.29) is 18.2 Å². The van der Waals surface area contributed by atoms with Crippen molar-refractivity contribution in [2.75, 3.05) is 19.6 Å². The number of nitrogens with one attached hydrogen (secondary N) is 2. The number of amides is 2. The van der Waals surface area contributed by atoms with E-state index in [1.165, 1.54) is 0 Å². The van der Waals surface area contributed by atoms with Gasteiger partial charge in [-0.05, 0) is 25.7 Å². The van der Waals surface area contributed by atoms with Gasteiger partial charge in [-0.1, -0.05) is 0 Å². The summed E-state index contributed by atoms with van der Waals surface area (Å²) in [4.78, 5) is 25.3. The number of aliphatic hydroxyl groups excluding tert-OH is 1. The Balaban J connectivity index is 1.76. The predicted molar refractivity (Wildman–Crippen MR) is 75.4 cm³/mol. The van der Waals surface area contributed by atoms with E-state index in [1.807, 2.05) is 0 Å². The molecular weight excluding hydrogens is 315 g/mol. The van der Waals surface area contributed by atoms with Crippen molar-refractivity contribution in [2.24, 2.45) is 0 Å². The Morgan fingerprint density at radius 3 is 2.52 bits per heavy atom. The van der Waals surface area contributed by atoms with Crippen LogP contribution in [-0.4, -0.2) is 65.8 Å². The second-order valence-corrected chi connectivity index (χ2v) is 6.18. The van der Waals surface area contributed by atoms with Gasteiger partial charge in [-0.2, -0.15) is 13.2 Å². The minimum atomic E-state index is -4.49. The van der Waals surface area contributed by atoms with Crippen LogP contribution >= 0.6 is 0 Å². The molecule has 0 bridgehead atoms. The number of likely N-dealkylation sites (tertiary alicyclic amines) is 1. The van der Waals surface area contributed by atoms with Gasteiger partial charge in [0.1, 0.15) is 13.0 Å². The first-order valence-electron chi connectivity index (χ1n) is 7.79. The Kier molecular flexibility index (Phi) is 5.85. The zero-order valence-corrected chi connectivity index (χ0v) is 12.7. The molecule has 1 aliphatic carbocycles. The van der Waals surface area contributed by atoms with Crippen molar-refractivity contribution < 1.29 is 27.9 Å². The maximum absolute atomic E-state index is 12.0. The van der Waals surface area contributed by atoms with Crippen LogP contribution in [0.15, 0.2) is 0 Å². The summed E-state index contributed by atoms with van der Waals surface area (Å²) in [6, 6.07) is -0.00227. The van der Waals surface area contributed by atoms with Crippen LogP contribution in [0.5, 0.6) is 0 Å². The third-order valence-electron chi connectivity index (χ3n) is 4.30.